The van der Waals surface area contributed by atoms with Gasteiger partial charge in [-0.1, -0.05) is 12.1 Å². The maximum Gasteiger partial charge on any atom is 0.252 e. The fraction of sp³-hybridized carbons (Fsp3) is 0.182. The third-order valence-electron chi connectivity index (χ3n) is 4.51. The summed E-state index contributed by atoms with van der Waals surface area (Å²) in [4.78, 5) is 16.7. The largest absolute Gasteiger partial charge is 0.508 e. The molecule has 1 unspecified atom stereocenters. The molecular weight excluding hydrogens is 356 g/mol. The van der Waals surface area contributed by atoms with Gasteiger partial charge in [-0.3, -0.25) is 9.78 Å². The minimum atomic E-state index is -0.179. The van der Waals surface area contributed by atoms with Crippen molar-refractivity contribution < 1.29 is 19.4 Å². The lowest BCUT2D eigenvalue weighted by atomic mass is 10.1. The molecule has 1 amide bonds. The number of nitrogens with zero attached hydrogens (tertiary/aromatic N) is 1. The molecule has 0 radical (unpaired) electrons. The highest BCUT2D eigenvalue weighted by molar-refractivity contribution is 5.94. The van der Waals surface area contributed by atoms with Crippen LogP contribution in [0, 0.1) is 0 Å². The van der Waals surface area contributed by atoms with Gasteiger partial charge in [-0.25, -0.2) is 0 Å². The summed E-state index contributed by atoms with van der Waals surface area (Å²) in [5, 5.41) is 12.2. The molecule has 0 bridgehead atoms. The number of carbonyl (C=O) groups excluding carboxylic acids is 1. The van der Waals surface area contributed by atoms with E-state index in [4.69, 9.17) is 9.47 Å². The second-order valence-corrected chi connectivity index (χ2v) is 6.52. The maximum absolute atomic E-state index is 12.3. The van der Waals surface area contributed by atoms with Crippen molar-refractivity contribution in [2.24, 2.45) is 0 Å². The Kier molecular flexibility index (Phi) is 5.10. The van der Waals surface area contributed by atoms with Crippen LogP contribution in [-0.2, 0) is 0 Å². The molecule has 0 aliphatic carbocycles. The van der Waals surface area contributed by atoms with Crippen LogP contribution >= 0.6 is 0 Å². The van der Waals surface area contributed by atoms with Gasteiger partial charge in [0.15, 0.2) is 11.5 Å². The molecule has 28 heavy (non-hydrogen) atoms. The fourth-order valence-corrected chi connectivity index (χ4v) is 2.99. The van der Waals surface area contributed by atoms with Crippen molar-refractivity contribution in [3.63, 3.8) is 0 Å². The van der Waals surface area contributed by atoms with Crippen LogP contribution in [0.5, 0.6) is 17.2 Å². The van der Waals surface area contributed by atoms with Gasteiger partial charge < -0.3 is 19.9 Å². The topological polar surface area (TPSA) is 80.7 Å². The van der Waals surface area contributed by atoms with Crippen LogP contribution in [0.15, 0.2) is 66.9 Å². The third kappa shape index (κ3) is 4.06. The molecule has 1 atom stereocenters. The van der Waals surface area contributed by atoms with Crippen molar-refractivity contribution >= 4 is 5.91 Å². The molecule has 142 valence electrons. The lowest BCUT2D eigenvalue weighted by Crippen LogP contribution is -2.34. The number of aromatic nitrogens is 1. The number of ether oxygens (including phenoxy) is 2. The second kappa shape index (κ2) is 8.00. The summed E-state index contributed by atoms with van der Waals surface area (Å²) in [6, 6.07) is 17.9. The highest BCUT2D eigenvalue weighted by Gasteiger charge is 2.20. The minimum absolute atomic E-state index is 0.0924. The van der Waals surface area contributed by atoms with Crippen LogP contribution in [0.4, 0.5) is 0 Å². The molecule has 4 rings (SSSR count). The second-order valence-electron chi connectivity index (χ2n) is 6.52. The van der Waals surface area contributed by atoms with E-state index in [1.54, 1.807) is 42.6 Å². The smallest absolute Gasteiger partial charge is 0.252 e. The number of amides is 1. The zero-order chi connectivity index (χ0) is 19.3. The van der Waals surface area contributed by atoms with Crippen LogP contribution in [0.3, 0.4) is 0 Å². The SMILES string of the molecule is O=C(NCCC1COc2ccccc2O1)c1ccc(-c2ccc(O)cc2)nc1. The van der Waals surface area contributed by atoms with Gasteiger partial charge >= 0.3 is 0 Å². The summed E-state index contributed by atoms with van der Waals surface area (Å²) in [6.07, 6.45) is 2.11. The standard InChI is InChI=1S/C22H20N2O4/c25-17-8-5-15(6-9-17)19-10-7-16(13-24-19)22(26)23-12-11-18-14-27-20-3-1-2-4-21(20)28-18/h1-10,13,18,25H,11-12,14H2,(H,23,26). The van der Waals surface area contributed by atoms with Gasteiger partial charge in [-0.15, -0.1) is 0 Å². The number of aromatic hydroxyl groups is 1. The zero-order valence-corrected chi connectivity index (χ0v) is 15.2. The molecule has 1 aliphatic rings. The first kappa shape index (κ1) is 17.9. The fourth-order valence-electron chi connectivity index (χ4n) is 2.99. The first-order chi connectivity index (χ1) is 13.7. The lowest BCUT2D eigenvalue weighted by Gasteiger charge is -2.26. The molecule has 1 aliphatic heterocycles. The number of hydrogen-bond acceptors (Lipinski definition) is 5. The highest BCUT2D eigenvalue weighted by atomic mass is 16.6. The monoisotopic (exact) mass is 376 g/mol. The number of benzene rings is 2. The van der Waals surface area contributed by atoms with Crippen LogP contribution in [0.1, 0.15) is 16.8 Å². The van der Waals surface area contributed by atoms with Crippen molar-refractivity contribution in [1.82, 2.24) is 10.3 Å². The normalized spacial score (nSPS) is 15.1. The molecule has 6 nitrogen and oxygen atoms in total. The Labute approximate surface area is 162 Å². The molecule has 0 spiro atoms. The van der Waals surface area contributed by atoms with Gasteiger partial charge in [-0.05, 0) is 48.5 Å². The lowest BCUT2D eigenvalue weighted by molar-refractivity contribution is 0.0812. The van der Waals surface area contributed by atoms with Crippen LogP contribution < -0.4 is 14.8 Å². The van der Waals surface area contributed by atoms with E-state index in [9.17, 15) is 9.90 Å². The molecule has 0 saturated heterocycles. The van der Waals surface area contributed by atoms with E-state index < -0.39 is 0 Å². The van der Waals surface area contributed by atoms with E-state index in [2.05, 4.69) is 10.3 Å². The Morgan fingerprint density at radius 1 is 1.07 bits per heavy atom. The molecule has 0 fully saturated rings. The molecular formula is C22H20N2O4. The van der Waals surface area contributed by atoms with Crippen molar-refractivity contribution in [2.45, 2.75) is 12.5 Å². The van der Waals surface area contributed by atoms with Gasteiger partial charge in [0.2, 0.25) is 0 Å². The molecule has 6 heteroatoms. The Morgan fingerprint density at radius 3 is 2.61 bits per heavy atom. The first-order valence-electron chi connectivity index (χ1n) is 9.11. The van der Waals surface area contributed by atoms with E-state index in [-0.39, 0.29) is 17.8 Å². The van der Waals surface area contributed by atoms with E-state index in [0.29, 0.717) is 25.1 Å². The molecule has 2 N–H and O–H groups in total. The van der Waals surface area contributed by atoms with Gasteiger partial charge in [0.05, 0.1) is 11.3 Å². The molecule has 2 aromatic carbocycles. The summed E-state index contributed by atoms with van der Waals surface area (Å²) in [5.74, 6) is 1.51. The van der Waals surface area contributed by atoms with Gasteiger partial charge in [0, 0.05) is 24.7 Å². The molecule has 1 aromatic heterocycles. The number of nitrogens with one attached hydrogen (secondary N) is 1. The number of hydrogen-bond donors (Lipinski definition) is 2. The summed E-state index contributed by atoms with van der Waals surface area (Å²) in [6.45, 7) is 0.949. The molecule has 3 aromatic rings. The maximum atomic E-state index is 12.3. The summed E-state index contributed by atoms with van der Waals surface area (Å²) in [5.41, 5.74) is 2.11. The Hall–Kier alpha value is -3.54. The number of rotatable bonds is 5. The average Bonchev–Trinajstić information content (AvgIpc) is 2.74. The number of para-hydroxylation sites is 2. The van der Waals surface area contributed by atoms with Gasteiger partial charge in [-0.2, -0.15) is 0 Å². The van der Waals surface area contributed by atoms with E-state index >= 15 is 0 Å². The van der Waals surface area contributed by atoms with E-state index in [0.717, 1.165) is 22.8 Å². The van der Waals surface area contributed by atoms with Crippen molar-refractivity contribution in [3.8, 4) is 28.5 Å². The van der Waals surface area contributed by atoms with Crippen LogP contribution in [-0.4, -0.2) is 35.3 Å². The Morgan fingerprint density at radius 2 is 1.86 bits per heavy atom. The van der Waals surface area contributed by atoms with E-state index in [1.165, 1.54) is 0 Å². The summed E-state index contributed by atoms with van der Waals surface area (Å²) in [7, 11) is 0. The minimum Gasteiger partial charge on any atom is -0.508 e. The first-order valence-corrected chi connectivity index (χ1v) is 9.11. The summed E-state index contributed by atoms with van der Waals surface area (Å²) < 4.78 is 11.6. The van der Waals surface area contributed by atoms with Crippen LogP contribution in [0.25, 0.3) is 11.3 Å². The highest BCUT2D eigenvalue weighted by Crippen LogP contribution is 2.31. The number of pyridine rings is 1. The predicted molar refractivity (Wildman–Crippen MR) is 105 cm³/mol. The summed E-state index contributed by atoms with van der Waals surface area (Å²) >= 11 is 0. The van der Waals surface area contributed by atoms with Crippen LogP contribution in [0.2, 0.25) is 0 Å². The van der Waals surface area contributed by atoms with Gasteiger partial charge in [0.25, 0.3) is 5.91 Å². The van der Waals surface area contributed by atoms with Crippen molar-refractivity contribution in [3.05, 3.63) is 72.4 Å². The molecule has 0 saturated carbocycles. The van der Waals surface area contributed by atoms with Gasteiger partial charge in [0.1, 0.15) is 18.5 Å². The van der Waals surface area contributed by atoms with Crippen molar-refractivity contribution in [2.75, 3.05) is 13.2 Å². The predicted octanol–water partition coefficient (Wildman–Crippen LogP) is 3.41. The number of fused-ring (bicyclic) bond motifs is 1. The van der Waals surface area contributed by atoms with Crippen molar-refractivity contribution in [1.29, 1.82) is 0 Å². The third-order valence-corrected chi connectivity index (χ3v) is 4.51. The molecule has 2 heterocycles. The Bertz CT molecular complexity index is 955. The number of carbonyl (C=O) groups is 1. The quantitative estimate of drug-likeness (QED) is 0.713. The number of phenols is 1. The number of phenolic OH excluding ortho intramolecular Hbond substituents is 1. The zero-order valence-electron chi connectivity index (χ0n) is 15.2. The Balaban J connectivity index is 1.29. The average molecular weight is 376 g/mol. The van der Waals surface area contributed by atoms with E-state index in [1.807, 2.05) is 24.3 Å².